The summed E-state index contributed by atoms with van der Waals surface area (Å²) in [6.07, 6.45) is 2.98. The maximum absolute atomic E-state index is 6.09. The molecular formula is C20H18N4O4. The first-order valence-electron chi connectivity index (χ1n) is 8.41. The third kappa shape index (κ3) is 2.84. The molecule has 0 saturated carbocycles. The van der Waals surface area contributed by atoms with E-state index in [4.69, 9.17) is 24.4 Å². The van der Waals surface area contributed by atoms with Crippen LogP contribution in [0.3, 0.4) is 0 Å². The smallest absolute Gasteiger partial charge is 0.203 e. The van der Waals surface area contributed by atoms with Crippen LogP contribution >= 0.6 is 0 Å². The van der Waals surface area contributed by atoms with Crippen LogP contribution in [-0.2, 0) is 0 Å². The second-order valence-corrected chi connectivity index (χ2v) is 5.90. The monoisotopic (exact) mass is 378 g/mol. The summed E-state index contributed by atoms with van der Waals surface area (Å²) in [5.41, 5.74) is 8.72. The summed E-state index contributed by atoms with van der Waals surface area (Å²) in [4.78, 5) is 13.0. The molecule has 4 rings (SSSR count). The number of anilines is 1. The fourth-order valence-corrected chi connectivity index (χ4v) is 3.09. The van der Waals surface area contributed by atoms with Gasteiger partial charge in [-0.1, -0.05) is 0 Å². The second kappa shape index (κ2) is 7.07. The van der Waals surface area contributed by atoms with Gasteiger partial charge in [-0.3, -0.25) is 0 Å². The number of pyridine rings is 1. The van der Waals surface area contributed by atoms with E-state index in [0.29, 0.717) is 45.6 Å². The first kappa shape index (κ1) is 17.6. The fraction of sp³-hybridized carbons (Fsp3) is 0.150. The molecule has 0 amide bonds. The van der Waals surface area contributed by atoms with Gasteiger partial charge in [0.05, 0.1) is 38.7 Å². The highest BCUT2D eigenvalue weighted by Crippen LogP contribution is 2.42. The number of hydrogen-bond acceptors (Lipinski definition) is 8. The van der Waals surface area contributed by atoms with Gasteiger partial charge < -0.3 is 24.4 Å². The highest BCUT2D eigenvalue weighted by atomic mass is 16.5. The van der Waals surface area contributed by atoms with Crippen LogP contribution in [0.15, 0.2) is 47.3 Å². The minimum atomic E-state index is 0.334. The zero-order valence-corrected chi connectivity index (χ0v) is 15.6. The minimum absolute atomic E-state index is 0.334. The zero-order valence-electron chi connectivity index (χ0n) is 15.6. The molecule has 3 aromatic heterocycles. The van der Waals surface area contributed by atoms with Gasteiger partial charge in [0.2, 0.25) is 5.75 Å². The van der Waals surface area contributed by atoms with E-state index in [0.717, 1.165) is 11.1 Å². The molecule has 0 atom stereocenters. The molecule has 8 nitrogen and oxygen atoms in total. The van der Waals surface area contributed by atoms with Crippen LogP contribution in [0.2, 0.25) is 0 Å². The Kier molecular flexibility index (Phi) is 4.44. The van der Waals surface area contributed by atoms with Crippen LogP contribution in [0, 0.1) is 0 Å². The van der Waals surface area contributed by atoms with E-state index in [9.17, 15) is 0 Å². The summed E-state index contributed by atoms with van der Waals surface area (Å²) in [7, 11) is 4.69. The maximum atomic E-state index is 6.09. The largest absolute Gasteiger partial charge is 0.493 e. The quantitative estimate of drug-likeness (QED) is 0.562. The highest BCUT2D eigenvalue weighted by molar-refractivity contribution is 6.00. The number of ether oxygens (including phenoxy) is 3. The number of nitrogen functional groups attached to an aromatic ring is 1. The second-order valence-electron chi connectivity index (χ2n) is 5.90. The summed E-state index contributed by atoms with van der Waals surface area (Å²) in [6.45, 7) is 0. The molecule has 0 saturated heterocycles. The lowest BCUT2D eigenvalue weighted by Crippen LogP contribution is -1.99. The number of rotatable bonds is 5. The van der Waals surface area contributed by atoms with Crippen molar-refractivity contribution in [2.75, 3.05) is 27.1 Å². The van der Waals surface area contributed by atoms with Crippen molar-refractivity contribution in [2.45, 2.75) is 0 Å². The van der Waals surface area contributed by atoms with E-state index in [2.05, 4.69) is 15.0 Å². The average molecular weight is 378 g/mol. The lowest BCUT2D eigenvalue weighted by Gasteiger charge is -2.15. The molecule has 8 heteroatoms. The lowest BCUT2D eigenvalue weighted by molar-refractivity contribution is 0.324. The standard InChI is InChI=1S/C20H18N4O4/c1-25-15-7-11(8-16(26-2)18(15)27-3)13-9-12(14-5-4-6-28-14)17-19(21)22-10-23-20(17)24-13/h4-10H,1-3H3,(H2,21,22,23,24). The number of methoxy groups -OCH3 is 3. The third-order valence-electron chi connectivity index (χ3n) is 4.38. The predicted molar refractivity (Wildman–Crippen MR) is 105 cm³/mol. The lowest BCUT2D eigenvalue weighted by atomic mass is 10.0. The first-order chi connectivity index (χ1) is 13.7. The molecule has 4 aromatic rings. The molecule has 3 heterocycles. The number of benzene rings is 1. The molecule has 0 aliphatic heterocycles. The van der Waals surface area contributed by atoms with Gasteiger partial charge in [-0.05, 0) is 30.3 Å². The molecule has 0 aliphatic rings. The molecule has 28 heavy (non-hydrogen) atoms. The number of hydrogen-bond donors (Lipinski definition) is 1. The predicted octanol–water partition coefficient (Wildman–Crippen LogP) is 3.56. The summed E-state index contributed by atoms with van der Waals surface area (Å²) >= 11 is 0. The highest BCUT2D eigenvalue weighted by Gasteiger charge is 2.18. The molecule has 1 aromatic carbocycles. The van der Waals surface area contributed by atoms with E-state index < -0.39 is 0 Å². The molecule has 0 fully saturated rings. The number of fused-ring (bicyclic) bond motifs is 1. The molecule has 142 valence electrons. The Balaban J connectivity index is 2.01. The molecular weight excluding hydrogens is 360 g/mol. The third-order valence-corrected chi connectivity index (χ3v) is 4.38. The average Bonchev–Trinajstić information content (AvgIpc) is 3.26. The Morgan fingerprint density at radius 2 is 1.71 bits per heavy atom. The van der Waals surface area contributed by atoms with Gasteiger partial charge >= 0.3 is 0 Å². The molecule has 0 spiro atoms. The Labute approximate surface area is 160 Å². The summed E-state index contributed by atoms with van der Waals surface area (Å²) in [5, 5.41) is 0.633. The van der Waals surface area contributed by atoms with Crippen LogP contribution in [0.25, 0.3) is 33.6 Å². The summed E-state index contributed by atoms with van der Waals surface area (Å²) in [6, 6.07) is 9.18. The molecule has 0 bridgehead atoms. The van der Waals surface area contributed by atoms with E-state index in [1.165, 1.54) is 6.33 Å². The van der Waals surface area contributed by atoms with Gasteiger partial charge in [0, 0.05) is 11.1 Å². The Bertz CT molecular complexity index is 1120. The molecule has 0 unspecified atom stereocenters. The minimum Gasteiger partial charge on any atom is -0.493 e. The van der Waals surface area contributed by atoms with Crippen molar-refractivity contribution in [3.8, 4) is 39.8 Å². The van der Waals surface area contributed by atoms with Crippen LogP contribution in [0.4, 0.5) is 5.82 Å². The Morgan fingerprint density at radius 1 is 0.964 bits per heavy atom. The van der Waals surface area contributed by atoms with Crippen molar-refractivity contribution in [3.05, 3.63) is 42.9 Å². The normalized spacial score (nSPS) is 10.8. The summed E-state index contributed by atoms with van der Waals surface area (Å²) < 4.78 is 21.9. The van der Waals surface area contributed by atoms with Gasteiger partial charge in [-0.15, -0.1) is 0 Å². The molecule has 2 N–H and O–H groups in total. The topological polar surface area (TPSA) is 106 Å². The number of furan rings is 1. The van der Waals surface area contributed by atoms with Crippen LogP contribution < -0.4 is 19.9 Å². The zero-order chi connectivity index (χ0) is 19.7. The van der Waals surface area contributed by atoms with Crippen molar-refractivity contribution in [1.29, 1.82) is 0 Å². The van der Waals surface area contributed by atoms with Gasteiger partial charge in [-0.2, -0.15) is 0 Å². The molecule has 0 aliphatic carbocycles. The number of aromatic nitrogens is 3. The van der Waals surface area contributed by atoms with Crippen LogP contribution in [-0.4, -0.2) is 36.3 Å². The molecule has 0 radical (unpaired) electrons. The van der Waals surface area contributed by atoms with Crippen molar-refractivity contribution in [1.82, 2.24) is 15.0 Å². The summed E-state index contributed by atoms with van der Waals surface area (Å²) in [5.74, 6) is 2.54. The van der Waals surface area contributed by atoms with Gasteiger partial charge in [-0.25, -0.2) is 15.0 Å². The number of nitrogens with zero attached hydrogens (tertiary/aromatic N) is 3. The maximum Gasteiger partial charge on any atom is 0.203 e. The number of nitrogens with two attached hydrogens (primary N) is 1. The van der Waals surface area contributed by atoms with Crippen LogP contribution in [0.5, 0.6) is 17.2 Å². The fourth-order valence-electron chi connectivity index (χ4n) is 3.09. The van der Waals surface area contributed by atoms with Crippen molar-refractivity contribution >= 4 is 16.9 Å². The van der Waals surface area contributed by atoms with Crippen molar-refractivity contribution < 1.29 is 18.6 Å². The van der Waals surface area contributed by atoms with Gasteiger partial charge in [0.25, 0.3) is 0 Å². The van der Waals surface area contributed by atoms with Gasteiger partial charge in [0.15, 0.2) is 17.1 Å². The Morgan fingerprint density at radius 3 is 2.32 bits per heavy atom. The van der Waals surface area contributed by atoms with E-state index >= 15 is 0 Å². The van der Waals surface area contributed by atoms with Crippen molar-refractivity contribution in [3.63, 3.8) is 0 Å². The van der Waals surface area contributed by atoms with E-state index in [-0.39, 0.29) is 0 Å². The van der Waals surface area contributed by atoms with Crippen molar-refractivity contribution in [2.24, 2.45) is 0 Å². The van der Waals surface area contributed by atoms with Gasteiger partial charge in [0.1, 0.15) is 17.9 Å². The Hall–Kier alpha value is -3.81. The van der Waals surface area contributed by atoms with E-state index in [1.807, 2.05) is 24.3 Å². The van der Waals surface area contributed by atoms with E-state index in [1.54, 1.807) is 33.7 Å². The SMILES string of the molecule is COc1cc(-c2cc(-c3ccco3)c3c(N)ncnc3n2)cc(OC)c1OC. The van der Waals surface area contributed by atoms with Crippen LogP contribution in [0.1, 0.15) is 0 Å². The first-order valence-corrected chi connectivity index (χ1v) is 8.41.